The molecule has 2 rings (SSSR count). The molecule has 0 bridgehead atoms. The number of aromatic nitrogens is 2. The zero-order valence-corrected chi connectivity index (χ0v) is 13.5. The molecule has 0 aliphatic rings. The van der Waals surface area contributed by atoms with Gasteiger partial charge >= 0.3 is 0 Å². The van der Waals surface area contributed by atoms with Gasteiger partial charge in [0.25, 0.3) is 0 Å². The molecule has 0 radical (unpaired) electrons. The van der Waals surface area contributed by atoms with Crippen molar-refractivity contribution in [2.45, 2.75) is 26.8 Å². The van der Waals surface area contributed by atoms with Gasteiger partial charge in [-0.2, -0.15) is 0 Å². The smallest absolute Gasteiger partial charge is 0.159 e. The number of rotatable bonds is 6. The van der Waals surface area contributed by atoms with Crippen LogP contribution in [0, 0.1) is 13.8 Å². The lowest BCUT2D eigenvalue weighted by Gasteiger charge is -2.16. The molecule has 6 heteroatoms. The molecular weight excluding hydrogens is 278 g/mol. The third kappa shape index (κ3) is 3.85. The summed E-state index contributed by atoms with van der Waals surface area (Å²) >= 11 is 0. The molecule has 6 nitrogen and oxygen atoms in total. The lowest BCUT2D eigenvalue weighted by atomic mass is 10.1. The fourth-order valence-electron chi connectivity index (χ4n) is 2.09. The molecule has 0 fully saturated rings. The van der Waals surface area contributed by atoms with Crippen molar-refractivity contribution in [1.29, 1.82) is 0 Å². The van der Waals surface area contributed by atoms with Gasteiger partial charge in [-0.3, -0.25) is 0 Å². The van der Waals surface area contributed by atoms with E-state index in [0.717, 1.165) is 5.69 Å². The van der Waals surface area contributed by atoms with Gasteiger partial charge in [0.05, 0.1) is 6.61 Å². The Kier molecular flexibility index (Phi) is 5.16. The summed E-state index contributed by atoms with van der Waals surface area (Å²) < 4.78 is 5.10. The summed E-state index contributed by atoms with van der Waals surface area (Å²) in [6.45, 7) is 6.73. The van der Waals surface area contributed by atoms with Crippen LogP contribution in [0.5, 0.6) is 0 Å². The van der Waals surface area contributed by atoms with Gasteiger partial charge in [-0.1, -0.05) is 6.07 Å². The van der Waals surface area contributed by atoms with Crippen LogP contribution in [0.3, 0.4) is 0 Å². The molecule has 1 atom stereocenters. The van der Waals surface area contributed by atoms with E-state index in [1.54, 1.807) is 7.11 Å². The minimum atomic E-state index is 0.108. The molecule has 0 spiro atoms. The highest BCUT2D eigenvalue weighted by Crippen LogP contribution is 2.26. The maximum atomic E-state index is 6.15. The monoisotopic (exact) mass is 301 g/mol. The van der Waals surface area contributed by atoms with Gasteiger partial charge in [-0.05, 0) is 44.0 Å². The third-order valence-electron chi connectivity index (χ3n) is 3.45. The van der Waals surface area contributed by atoms with Crippen LogP contribution in [-0.2, 0) is 4.74 Å². The Morgan fingerprint density at radius 3 is 2.59 bits per heavy atom. The number of hydrogen-bond donors (Lipinski definition) is 3. The first-order valence-corrected chi connectivity index (χ1v) is 7.21. The van der Waals surface area contributed by atoms with Crippen molar-refractivity contribution in [2.75, 3.05) is 30.1 Å². The van der Waals surface area contributed by atoms with Gasteiger partial charge in [0.15, 0.2) is 11.6 Å². The zero-order valence-electron chi connectivity index (χ0n) is 13.5. The van der Waals surface area contributed by atoms with E-state index >= 15 is 0 Å². The van der Waals surface area contributed by atoms with E-state index in [0.29, 0.717) is 23.9 Å². The lowest BCUT2D eigenvalue weighted by molar-refractivity contribution is 0.190. The standard InChI is InChI=1S/C16H23N5O/c1-10-5-6-13(7-11(10)2)21-16-14(17)15(18-9-19-16)20-12(3)8-22-4/h5-7,9,12H,8,17H2,1-4H3,(H2,18,19,20,21). The van der Waals surface area contributed by atoms with E-state index in [1.807, 2.05) is 13.0 Å². The van der Waals surface area contributed by atoms with Crippen LogP contribution in [0.4, 0.5) is 23.0 Å². The van der Waals surface area contributed by atoms with Crippen LogP contribution >= 0.6 is 0 Å². The van der Waals surface area contributed by atoms with Crippen molar-refractivity contribution in [1.82, 2.24) is 9.97 Å². The quantitative estimate of drug-likeness (QED) is 0.760. The first-order chi connectivity index (χ1) is 10.5. The van der Waals surface area contributed by atoms with Crippen molar-refractivity contribution < 1.29 is 4.74 Å². The molecule has 0 saturated carbocycles. The average Bonchev–Trinajstić information content (AvgIpc) is 2.47. The molecule has 0 aliphatic heterocycles. The SMILES string of the molecule is COCC(C)Nc1ncnc(Nc2ccc(C)c(C)c2)c1N. The average molecular weight is 301 g/mol. The van der Waals surface area contributed by atoms with Crippen molar-refractivity contribution in [3.05, 3.63) is 35.7 Å². The predicted molar refractivity (Wildman–Crippen MR) is 90.6 cm³/mol. The summed E-state index contributed by atoms with van der Waals surface area (Å²) in [5, 5.41) is 6.46. The number of nitrogens with one attached hydrogen (secondary N) is 2. The number of anilines is 4. The molecule has 0 aliphatic carbocycles. The normalized spacial score (nSPS) is 12.0. The molecule has 118 valence electrons. The van der Waals surface area contributed by atoms with Gasteiger partial charge in [-0.25, -0.2) is 9.97 Å². The highest BCUT2D eigenvalue weighted by Gasteiger charge is 2.11. The fraction of sp³-hybridized carbons (Fsp3) is 0.375. The molecule has 1 aromatic carbocycles. The Labute approximate surface area is 131 Å². The Morgan fingerprint density at radius 1 is 1.18 bits per heavy atom. The second-order valence-corrected chi connectivity index (χ2v) is 5.41. The van der Waals surface area contributed by atoms with E-state index in [9.17, 15) is 0 Å². The number of nitrogens with zero attached hydrogens (tertiary/aromatic N) is 2. The van der Waals surface area contributed by atoms with E-state index in [4.69, 9.17) is 10.5 Å². The van der Waals surface area contributed by atoms with Gasteiger partial charge < -0.3 is 21.1 Å². The summed E-state index contributed by atoms with van der Waals surface area (Å²) in [5.74, 6) is 1.19. The second-order valence-electron chi connectivity index (χ2n) is 5.41. The van der Waals surface area contributed by atoms with E-state index in [-0.39, 0.29) is 6.04 Å². The van der Waals surface area contributed by atoms with Crippen LogP contribution < -0.4 is 16.4 Å². The summed E-state index contributed by atoms with van der Waals surface area (Å²) in [7, 11) is 1.66. The van der Waals surface area contributed by atoms with Gasteiger partial charge in [-0.15, -0.1) is 0 Å². The maximum absolute atomic E-state index is 6.15. The van der Waals surface area contributed by atoms with Crippen molar-refractivity contribution in [2.24, 2.45) is 0 Å². The number of benzene rings is 1. The van der Waals surface area contributed by atoms with E-state index in [2.05, 4.69) is 46.6 Å². The fourth-order valence-corrected chi connectivity index (χ4v) is 2.09. The number of methoxy groups -OCH3 is 1. The zero-order chi connectivity index (χ0) is 16.1. The summed E-state index contributed by atoms with van der Waals surface area (Å²) in [6, 6.07) is 6.24. The number of hydrogen-bond acceptors (Lipinski definition) is 6. The number of nitrogens with two attached hydrogens (primary N) is 1. The van der Waals surface area contributed by atoms with Gasteiger partial charge in [0, 0.05) is 18.8 Å². The Bertz CT molecular complexity index is 644. The Balaban J connectivity index is 2.19. The largest absolute Gasteiger partial charge is 0.393 e. The first kappa shape index (κ1) is 16.0. The van der Waals surface area contributed by atoms with Crippen LogP contribution in [-0.4, -0.2) is 29.7 Å². The molecule has 0 amide bonds. The highest BCUT2D eigenvalue weighted by molar-refractivity contribution is 5.77. The van der Waals surface area contributed by atoms with Crippen LogP contribution in [0.15, 0.2) is 24.5 Å². The van der Waals surface area contributed by atoms with Crippen LogP contribution in [0.1, 0.15) is 18.1 Å². The lowest BCUT2D eigenvalue weighted by Crippen LogP contribution is -2.22. The molecule has 22 heavy (non-hydrogen) atoms. The molecule has 1 unspecified atom stereocenters. The molecule has 0 saturated heterocycles. The molecule has 1 aromatic heterocycles. The molecule has 4 N–H and O–H groups in total. The van der Waals surface area contributed by atoms with Crippen molar-refractivity contribution >= 4 is 23.0 Å². The summed E-state index contributed by atoms with van der Waals surface area (Å²) in [4.78, 5) is 8.41. The molecule has 1 heterocycles. The maximum Gasteiger partial charge on any atom is 0.159 e. The highest BCUT2D eigenvalue weighted by atomic mass is 16.5. The number of nitrogen functional groups attached to an aromatic ring is 1. The first-order valence-electron chi connectivity index (χ1n) is 7.21. The van der Waals surface area contributed by atoms with Crippen LogP contribution in [0.2, 0.25) is 0 Å². The predicted octanol–water partition coefficient (Wildman–Crippen LogP) is 2.87. The topological polar surface area (TPSA) is 85.1 Å². The van der Waals surface area contributed by atoms with Crippen molar-refractivity contribution in [3.8, 4) is 0 Å². The third-order valence-corrected chi connectivity index (χ3v) is 3.45. The minimum Gasteiger partial charge on any atom is -0.393 e. The summed E-state index contributed by atoms with van der Waals surface area (Å²) in [5.41, 5.74) is 10.1. The van der Waals surface area contributed by atoms with E-state index in [1.165, 1.54) is 17.5 Å². The van der Waals surface area contributed by atoms with Crippen LogP contribution in [0.25, 0.3) is 0 Å². The molecular formula is C16H23N5O. The van der Waals surface area contributed by atoms with Crippen molar-refractivity contribution in [3.63, 3.8) is 0 Å². The van der Waals surface area contributed by atoms with Gasteiger partial charge in [0.1, 0.15) is 12.0 Å². The number of ether oxygens (including phenoxy) is 1. The Hall–Kier alpha value is -2.34. The number of aryl methyl sites for hydroxylation is 2. The van der Waals surface area contributed by atoms with Gasteiger partial charge in [0.2, 0.25) is 0 Å². The van der Waals surface area contributed by atoms with E-state index < -0.39 is 0 Å². The molecule has 2 aromatic rings. The minimum absolute atomic E-state index is 0.108. The summed E-state index contributed by atoms with van der Waals surface area (Å²) in [6.07, 6.45) is 1.49. The second kappa shape index (κ2) is 7.09. The Morgan fingerprint density at radius 2 is 1.91 bits per heavy atom.